The Kier molecular flexibility index (Phi) is 8.84. The molecular formula is C27H34N4O6. The average molecular weight is 511 g/mol. The number of carbonyl (C=O) groups is 3. The predicted molar refractivity (Wildman–Crippen MR) is 136 cm³/mol. The fraction of sp³-hybridized carbons (Fsp3) is 0.444. The first-order valence-electron chi connectivity index (χ1n) is 12.6. The molecule has 1 aliphatic carbocycles. The molecule has 3 atom stereocenters. The van der Waals surface area contributed by atoms with Crippen molar-refractivity contribution in [1.29, 1.82) is 0 Å². The lowest BCUT2D eigenvalue weighted by Crippen LogP contribution is -2.53. The zero-order valence-corrected chi connectivity index (χ0v) is 21.0. The molecule has 198 valence electrons. The highest BCUT2D eigenvalue weighted by molar-refractivity contribution is 5.87. The molecule has 37 heavy (non-hydrogen) atoms. The summed E-state index contributed by atoms with van der Waals surface area (Å²) in [5, 5.41) is 12.0. The molecule has 1 aliphatic heterocycles. The van der Waals surface area contributed by atoms with Crippen LogP contribution in [0, 0.1) is 11.8 Å². The number of hydrogen-bond acceptors (Lipinski definition) is 7. The quantitative estimate of drug-likeness (QED) is 0.387. The Hall–Kier alpha value is -3.79. The third-order valence-corrected chi connectivity index (χ3v) is 7.15. The molecular weight excluding hydrogens is 476 g/mol. The Labute approximate surface area is 216 Å². The molecule has 3 N–H and O–H groups in total. The summed E-state index contributed by atoms with van der Waals surface area (Å²) in [7, 11) is 1.59. The maximum absolute atomic E-state index is 13.4. The van der Waals surface area contributed by atoms with Crippen LogP contribution in [0.4, 0.5) is 10.5 Å². The molecule has 2 aromatic carbocycles. The van der Waals surface area contributed by atoms with Gasteiger partial charge < -0.3 is 24.6 Å². The van der Waals surface area contributed by atoms with E-state index in [4.69, 9.17) is 9.47 Å². The number of methoxy groups -OCH3 is 1. The number of para-hydroxylation sites is 1. The van der Waals surface area contributed by atoms with Crippen LogP contribution in [-0.2, 0) is 20.9 Å². The number of rotatable bonds is 7. The number of benzene rings is 2. The van der Waals surface area contributed by atoms with Crippen LogP contribution in [0.25, 0.3) is 0 Å². The van der Waals surface area contributed by atoms with Crippen LogP contribution in [0.3, 0.4) is 0 Å². The zero-order valence-electron chi connectivity index (χ0n) is 21.0. The Balaban J connectivity index is 1.29. The number of piperazine rings is 1. The second-order valence-corrected chi connectivity index (χ2v) is 9.38. The molecule has 1 heterocycles. The number of carbonyl (C=O) groups excluding carboxylic acids is 3. The lowest BCUT2D eigenvalue weighted by molar-refractivity contribution is -0.149. The van der Waals surface area contributed by atoms with Gasteiger partial charge in [0.15, 0.2) is 0 Å². The molecule has 0 unspecified atom stereocenters. The van der Waals surface area contributed by atoms with Crippen LogP contribution in [0.5, 0.6) is 5.75 Å². The number of hydroxylamine groups is 1. The van der Waals surface area contributed by atoms with E-state index in [1.54, 1.807) is 29.6 Å². The van der Waals surface area contributed by atoms with E-state index in [1.807, 2.05) is 42.5 Å². The van der Waals surface area contributed by atoms with Crippen molar-refractivity contribution in [2.24, 2.45) is 11.8 Å². The van der Waals surface area contributed by atoms with Crippen molar-refractivity contribution in [3.63, 3.8) is 0 Å². The second kappa shape index (κ2) is 12.4. The molecule has 0 bridgehead atoms. The monoisotopic (exact) mass is 510 g/mol. The fourth-order valence-corrected chi connectivity index (χ4v) is 5.08. The van der Waals surface area contributed by atoms with Gasteiger partial charge in [0.1, 0.15) is 11.9 Å². The van der Waals surface area contributed by atoms with Gasteiger partial charge in [-0.2, -0.15) is 0 Å². The first kappa shape index (κ1) is 26.3. The van der Waals surface area contributed by atoms with Gasteiger partial charge >= 0.3 is 6.09 Å². The van der Waals surface area contributed by atoms with E-state index in [2.05, 4.69) is 10.2 Å². The van der Waals surface area contributed by atoms with Crippen molar-refractivity contribution in [1.82, 2.24) is 15.7 Å². The van der Waals surface area contributed by atoms with Crippen LogP contribution < -0.4 is 20.4 Å². The molecule has 0 radical (unpaired) electrons. The summed E-state index contributed by atoms with van der Waals surface area (Å²) >= 11 is 0. The van der Waals surface area contributed by atoms with E-state index in [1.165, 1.54) is 0 Å². The number of hydrogen-bond donors (Lipinski definition) is 3. The second-order valence-electron chi connectivity index (χ2n) is 9.38. The van der Waals surface area contributed by atoms with Crippen molar-refractivity contribution in [2.75, 3.05) is 38.2 Å². The molecule has 10 heteroatoms. The van der Waals surface area contributed by atoms with Gasteiger partial charge in [0, 0.05) is 38.4 Å². The molecule has 1 saturated heterocycles. The summed E-state index contributed by atoms with van der Waals surface area (Å²) in [4.78, 5) is 42.3. The SMILES string of the molecule is COc1ccc(CNC(=O)O[C@@H]2CC[C@H](C(=O)N3CCN(c4ccccc4)CC3)[C@@H](C(=O)NO)C2)cc1. The molecule has 2 aromatic rings. The molecule has 0 spiro atoms. The maximum Gasteiger partial charge on any atom is 0.407 e. The van der Waals surface area contributed by atoms with E-state index in [0.29, 0.717) is 39.0 Å². The normalized spacial score (nSPS) is 21.6. The Morgan fingerprint density at radius 3 is 2.30 bits per heavy atom. The van der Waals surface area contributed by atoms with Gasteiger partial charge in [0.05, 0.1) is 18.9 Å². The Morgan fingerprint density at radius 1 is 0.946 bits per heavy atom. The topological polar surface area (TPSA) is 120 Å². The number of nitrogens with zero attached hydrogens (tertiary/aromatic N) is 2. The standard InChI is InChI=1S/C27H34N4O6/c1-36-21-9-7-19(8-10-21)18-28-27(34)37-22-11-12-23(24(17-22)25(32)29-35)26(33)31-15-13-30(14-16-31)20-5-3-2-4-6-20/h2-10,22-24,35H,11-18H2,1H3,(H,28,34)(H,29,32)/t22-,23+,24+/m1/s1. The third kappa shape index (κ3) is 6.71. The number of amides is 3. The molecule has 1 saturated carbocycles. The Bertz CT molecular complexity index is 1060. The minimum atomic E-state index is -0.780. The first-order valence-corrected chi connectivity index (χ1v) is 12.6. The number of nitrogens with one attached hydrogen (secondary N) is 2. The number of alkyl carbamates (subject to hydrolysis) is 1. The van der Waals surface area contributed by atoms with Gasteiger partial charge in [-0.3, -0.25) is 14.8 Å². The van der Waals surface area contributed by atoms with Crippen molar-refractivity contribution in [3.05, 3.63) is 60.2 Å². The van der Waals surface area contributed by atoms with E-state index in [-0.39, 0.29) is 18.9 Å². The highest BCUT2D eigenvalue weighted by Crippen LogP contribution is 2.34. The van der Waals surface area contributed by atoms with Crippen molar-refractivity contribution < 1.29 is 29.1 Å². The summed E-state index contributed by atoms with van der Waals surface area (Å²) in [6.45, 7) is 2.82. The predicted octanol–water partition coefficient (Wildman–Crippen LogP) is 2.56. The Morgan fingerprint density at radius 2 is 1.65 bits per heavy atom. The summed E-state index contributed by atoms with van der Waals surface area (Å²) in [6.07, 6.45) is -0.0940. The van der Waals surface area contributed by atoms with Crippen LogP contribution in [0.15, 0.2) is 54.6 Å². The smallest absolute Gasteiger partial charge is 0.407 e. The maximum atomic E-state index is 13.4. The number of ether oxygens (including phenoxy) is 2. The summed E-state index contributed by atoms with van der Waals surface area (Å²) in [5.41, 5.74) is 3.70. The minimum Gasteiger partial charge on any atom is -0.497 e. The highest BCUT2D eigenvalue weighted by atomic mass is 16.6. The van der Waals surface area contributed by atoms with E-state index >= 15 is 0 Å². The van der Waals surface area contributed by atoms with E-state index in [9.17, 15) is 19.6 Å². The van der Waals surface area contributed by atoms with Crippen LogP contribution in [0.1, 0.15) is 24.8 Å². The lowest BCUT2D eigenvalue weighted by atomic mass is 9.76. The van der Waals surface area contributed by atoms with Gasteiger partial charge in [0.2, 0.25) is 11.8 Å². The van der Waals surface area contributed by atoms with Crippen molar-refractivity contribution >= 4 is 23.6 Å². The summed E-state index contributed by atoms with van der Waals surface area (Å²) < 4.78 is 10.7. The molecule has 4 rings (SSSR count). The first-order chi connectivity index (χ1) is 18.0. The fourth-order valence-electron chi connectivity index (χ4n) is 5.08. The average Bonchev–Trinajstić information content (AvgIpc) is 2.96. The van der Waals surface area contributed by atoms with E-state index < -0.39 is 29.9 Å². The van der Waals surface area contributed by atoms with Crippen molar-refractivity contribution in [2.45, 2.75) is 31.9 Å². The van der Waals surface area contributed by atoms with Crippen LogP contribution >= 0.6 is 0 Å². The van der Waals surface area contributed by atoms with Crippen molar-refractivity contribution in [3.8, 4) is 5.75 Å². The summed E-state index contributed by atoms with van der Waals surface area (Å²) in [5.74, 6) is -1.35. The van der Waals surface area contributed by atoms with Crippen LogP contribution in [-0.4, -0.2) is 67.4 Å². The number of anilines is 1. The van der Waals surface area contributed by atoms with E-state index in [0.717, 1.165) is 17.0 Å². The lowest BCUT2D eigenvalue weighted by Gasteiger charge is -2.40. The van der Waals surface area contributed by atoms with Crippen LogP contribution in [0.2, 0.25) is 0 Å². The van der Waals surface area contributed by atoms with Gasteiger partial charge in [-0.1, -0.05) is 30.3 Å². The van der Waals surface area contributed by atoms with Gasteiger partial charge in [0.25, 0.3) is 0 Å². The van der Waals surface area contributed by atoms with Gasteiger partial charge in [-0.05, 0) is 49.1 Å². The molecule has 0 aromatic heterocycles. The third-order valence-electron chi connectivity index (χ3n) is 7.15. The highest BCUT2D eigenvalue weighted by Gasteiger charge is 2.42. The van der Waals surface area contributed by atoms with Gasteiger partial charge in [-0.15, -0.1) is 0 Å². The zero-order chi connectivity index (χ0) is 26.2. The largest absolute Gasteiger partial charge is 0.497 e. The molecule has 3 amide bonds. The molecule has 10 nitrogen and oxygen atoms in total. The summed E-state index contributed by atoms with van der Waals surface area (Å²) in [6, 6.07) is 17.4. The molecule has 2 aliphatic rings. The van der Waals surface area contributed by atoms with Gasteiger partial charge in [-0.25, -0.2) is 10.3 Å². The minimum absolute atomic E-state index is 0.0938. The molecule has 2 fully saturated rings.